The molecule has 1 saturated heterocycles. The summed E-state index contributed by atoms with van der Waals surface area (Å²) < 4.78 is 0. The van der Waals surface area contributed by atoms with Crippen LogP contribution in [0, 0.1) is 11.3 Å². The number of likely N-dealkylation sites (tertiary alicyclic amines) is 1. The number of carbonyl (C=O) groups excluding carboxylic acids is 5. The van der Waals surface area contributed by atoms with E-state index >= 15 is 0 Å². The summed E-state index contributed by atoms with van der Waals surface area (Å²) >= 11 is 6.24. The monoisotopic (exact) mass is 685 g/mol. The molecule has 264 valence electrons. The Labute approximate surface area is 289 Å². The van der Waals surface area contributed by atoms with Gasteiger partial charge in [0, 0.05) is 35.9 Å². The van der Waals surface area contributed by atoms with Crippen molar-refractivity contribution in [3.63, 3.8) is 0 Å². The number of carbonyl (C=O) groups is 5. The fraction of sp³-hybridized carbons (Fsp3) is 0.667. The van der Waals surface area contributed by atoms with E-state index in [0.29, 0.717) is 30.0 Å². The Bertz CT molecular complexity index is 1400. The number of halogens is 1. The number of amides is 4. The lowest BCUT2D eigenvalue weighted by Gasteiger charge is -2.36. The molecule has 2 heterocycles. The van der Waals surface area contributed by atoms with E-state index in [2.05, 4.69) is 21.1 Å². The summed E-state index contributed by atoms with van der Waals surface area (Å²) in [4.78, 5) is 75.2. The smallest absolute Gasteiger partial charge is 0.289 e. The maximum absolute atomic E-state index is 14.5. The Morgan fingerprint density at radius 1 is 1.06 bits per heavy atom. The van der Waals surface area contributed by atoms with Crippen LogP contribution in [0.25, 0.3) is 0 Å². The van der Waals surface area contributed by atoms with Gasteiger partial charge in [-0.3, -0.25) is 24.0 Å². The van der Waals surface area contributed by atoms with Gasteiger partial charge in [0.2, 0.25) is 23.5 Å². The first-order chi connectivity index (χ1) is 22.6. The van der Waals surface area contributed by atoms with Crippen LogP contribution in [0.15, 0.2) is 29.4 Å². The van der Waals surface area contributed by atoms with Crippen molar-refractivity contribution in [2.45, 2.75) is 136 Å². The summed E-state index contributed by atoms with van der Waals surface area (Å²) in [5.74, 6) is -2.38. The minimum atomic E-state index is -1.06. The number of Topliss-reactive ketones (excluding diaryl/α,β-unsaturated/α-hetero) is 1. The molecule has 4 atom stereocenters. The molecule has 0 aromatic heterocycles. The lowest BCUT2D eigenvalue weighted by Crippen LogP contribution is -2.59. The SMILES string of the molecule is CCC[C@H](NC(=O)[C@@H]1C[C@]2(CC(c3cccc(Cl)c3)=NO2)CN1C(=O)[C@@H](NC(=O)CC1CCCCC1)C(C)(C)C)C(=O)C(=O)NC(C)C. The summed E-state index contributed by atoms with van der Waals surface area (Å²) in [6.45, 7) is 11.1. The molecule has 48 heavy (non-hydrogen) atoms. The van der Waals surface area contributed by atoms with Gasteiger partial charge in [0.05, 0.1) is 18.3 Å². The van der Waals surface area contributed by atoms with Gasteiger partial charge in [-0.1, -0.05) is 82.3 Å². The van der Waals surface area contributed by atoms with Crippen molar-refractivity contribution in [1.29, 1.82) is 0 Å². The van der Waals surface area contributed by atoms with E-state index in [1.54, 1.807) is 26.0 Å². The van der Waals surface area contributed by atoms with Crippen LogP contribution in [0.2, 0.25) is 5.02 Å². The highest BCUT2D eigenvalue weighted by Gasteiger charge is 2.55. The zero-order valence-corrected chi connectivity index (χ0v) is 30.0. The highest BCUT2D eigenvalue weighted by molar-refractivity contribution is 6.38. The summed E-state index contributed by atoms with van der Waals surface area (Å²) in [5, 5.41) is 13.3. The van der Waals surface area contributed by atoms with E-state index < -0.39 is 52.6 Å². The average Bonchev–Trinajstić information content (AvgIpc) is 3.62. The molecule has 3 N–H and O–H groups in total. The van der Waals surface area contributed by atoms with Crippen LogP contribution in [0.1, 0.15) is 111 Å². The molecule has 3 aliphatic rings. The van der Waals surface area contributed by atoms with Crippen LogP contribution < -0.4 is 16.0 Å². The predicted molar refractivity (Wildman–Crippen MR) is 184 cm³/mol. The number of nitrogens with one attached hydrogen (secondary N) is 3. The van der Waals surface area contributed by atoms with Gasteiger partial charge in [0.25, 0.3) is 5.91 Å². The van der Waals surface area contributed by atoms with Crippen molar-refractivity contribution < 1.29 is 28.8 Å². The minimum absolute atomic E-state index is 0.0444. The van der Waals surface area contributed by atoms with E-state index in [1.165, 1.54) is 11.3 Å². The van der Waals surface area contributed by atoms with Crippen molar-refractivity contribution in [3.8, 4) is 0 Å². The first kappa shape index (κ1) is 37.4. The molecule has 1 aliphatic carbocycles. The number of nitrogens with zero attached hydrogens (tertiary/aromatic N) is 2. The Morgan fingerprint density at radius 3 is 2.40 bits per heavy atom. The van der Waals surface area contributed by atoms with Crippen LogP contribution in [0.3, 0.4) is 0 Å². The van der Waals surface area contributed by atoms with Gasteiger partial charge in [-0.2, -0.15) is 0 Å². The highest BCUT2D eigenvalue weighted by Crippen LogP contribution is 2.40. The largest absolute Gasteiger partial charge is 0.387 e. The van der Waals surface area contributed by atoms with Crippen LogP contribution in [0.4, 0.5) is 0 Å². The zero-order chi connectivity index (χ0) is 35.2. The second kappa shape index (κ2) is 15.8. The van der Waals surface area contributed by atoms with Crippen molar-refractivity contribution in [3.05, 3.63) is 34.9 Å². The third kappa shape index (κ3) is 9.36. The molecule has 0 unspecified atom stereocenters. The van der Waals surface area contributed by atoms with E-state index in [-0.39, 0.29) is 37.3 Å². The number of benzene rings is 1. The van der Waals surface area contributed by atoms with Crippen molar-refractivity contribution in [2.24, 2.45) is 16.5 Å². The lowest BCUT2D eigenvalue weighted by molar-refractivity contribution is -0.145. The first-order valence-corrected chi connectivity index (χ1v) is 17.8. The van der Waals surface area contributed by atoms with Gasteiger partial charge in [-0.05, 0) is 56.6 Å². The number of rotatable bonds is 12. The van der Waals surface area contributed by atoms with E-state index in [1.807, 2.05) is 39.8 Å². The van der Waals surface area contributed by atoms with Gasteiger partial charge in [0.1, 0.15) is 12.1 Å². The number of hydrogen-bond acceptors (Lipinski definition) is 7. The molecule has 12 heteroatoms. The number of oxime groups is 1. The Balaban J connectivity index is 1.60. The lowest BCUT2D eigenvalue weighted by atomic mass is 9.84. The summed E-state index contributed by atoms with van der Waals surface area (Å²) in [7, 11) is 0. The summed E-state index contributed by atoms with van der Waals surface area (Å²) in [5.41, 5.74) is -0.269. The fourth-order valence-corrected chi connectivity index (χ4v) is 7.15. The van der Waals surface area contributed by atoms with Crippen LogP contribution in [0.5, 0.6) is 0 Å². The maximum atomic E-state index is 14.5. The Hall–Kier alpha value is -3.47. The average molecular weight is 686 g/mol. The molecule has 1 aromatic rings. The topological polar surface area (TPSA) is 146 Å². The molecule has 2 aliphatic heterocycles. The van der Waals surface area contributed by atoms with E-state index in [4.69, 9.17) is 16.4 Å². The molecule has 1 aromatic carbocycles. The van der Waals surface area contributed by atoms with Crippen LogP contribution in [-0.2, 0) is 28.8 Å². The van der Waals surface area contributed by atoms with Crippen molar-refractivity contribution in [1.82, 2.24) is 20.9 Å². The fourth-order valence-electron chi connectivity index (χ4n) is 6.96. The molecule has 4 rings (SSSR count). The molecule has 2 fully saturated rings. The van der Waals surface area contributed by atoms with Gasteiger partial charge >= 0.3 is 0 Å². The second-order valence-corrected chi connectivity index (χ2v) is 15.5. The third-order valence-corrected chi connectivity index (χ3v) is 9.69. The van der Waals surface area contributed by atoms with E-state index in [0.717, 1.165) is 31.2 Å². The van der Waals surface area contributed by atoms with Gasteiger partial charge in [0.15, 0.2) is 5.60 Å². The standard InChI is InChI=1S/C36H52ClN5O6/c1-7-12-26(30(44)33(46)38-22(2)3)39-32(45)28-20-36(19-27(41-48-36)24-15-11-16-25(37)18-24)21-42(28)34(47)31(35(4,5)6)40-29(43)17-23-13-9-8-10-14-23/h11,15-16,18,22-23,26,28,31H,7-10,12-14,17,19-21H2,1-6H3,(H,38,46)(H,39,45)(H,40,43)/t26-,28-,31+,36+/m0/s1. The predicted octanol–water partition coefficient (Wildman–Crippen LogP) is 4.68. The summed E-state index contributed by atoms with van der Waals surface area (Å²) in [6.07, 6.45) is 6.96. The van der Waals surface area contributed by atoms with Crippen LogP contribution in [-0.4, -0.2) is 76.3 Å². The molecule has 4 amide bonds. The molecule has 0 bridgehead atoms. The maximum Gasteiger partial charge on any atom is 0.289 e. The van der Waals surface area contributed by atoms with Crippen LogP contribution >= 0.6 is 11.6 Å². The normalized spacial score (nSPS) is 22.5. The molecular weight excluding hydrogens is 634 g/mol. The molecule has 0 radical (unpaired) electrons. The van der Waals surface area contributed by atoms with E-state index in [9.17, 15) is 24.0 Å². The number of hydrogen-bond donors (Lipinski definition) is 3. The second-order valence-electron chi connectivity index (χ2n) is 15.1. The molecule has 1 spiro atoms. The molecule has 1 saturated carbocycles. The highest BCUT2D eigenvalue weighted by atomic mass is 35.5. The Morgan fingerprint density at radius 2 is 1.77 bits per heavy atom. The van der Waals surface area contributed by atoms with Crippen molar-refractivity contribution >= 4 is 46.7 Å². The molecule has 11 nitrogen and oxygen atoms in total. The molecular formula is C36H52ClN5O6. The van der Waals surface area contributed by atoms with Crippen molar-refractivity contribution in [2.75, 3.05) is 6.54 Å². The number of ketones is 1. The van der Waals surface area contributed by atoms with Gasteiger partial charge < -0.3 is 25.7 Å². The summed E-state index contributed by atoms with van der Waals surface area (Å²) in [6, 6.07) is 3.96. The minimum Gasteiger partial charge on any atom is -0.387 e. The van der Waals surface area contributed by atoms with Gasteiger partial charge in [-0.15, -0.1) is 0 Å². The third-order valence-electron chi connectivity index (χ3n) is 9.45. The zero-order valence-electron chi connectivity index (χ0n) is 29.2. The quantitative estimate of drug-likeness (QED) is 0.272. The first-order valence-electron chi connectivity index (χ1n) is 17.4. The Kier molecular flexibility index (Phi) is 12.3. The van der Waals surface area contributed by atoms with Gasteiger partial charge in [-0.25, -0.2) is 0 Å².